The monoisotopic (exact) mass is 396 g/mol. The van der Waals surface area contributed by atoms with Crippen LogP contribution in [-0.2, 0) is 4.74 Å². The van der Waals surface area contributed by atoms with Crippen LogP contribution in [-0.4, -0.2) is 72.9 Å². The number of methoxy groups -OCH3 is 1. The van der Waals surface area contributed by atoms with E-state index in [1.54, 1.807) is 12.0 Å². The van der Waals surface area contributed by atoms with Crippen molar-refractivity contribution in [3.63, 3.8) is 0 Å². The number of carbonyl (C=O) groups is 1. The van der Waals surface area contributed by atoms with Crippen LogP contribution in [0.4, 0.5) is 8.78 Å². The molecule has 1 aromatic rings. The summed E-state index contributed by atoms with van der Waals surface area (Å²) in [6.07, 6.45) is 3.09. The number of nitrogens with zero attached hydrogens (tertiary/aromatic N) is 2. The molecule has 28 heavy (non-hydrogen) atoms. The van der Waals surface area contributed by atoms with E-state index in [0.29, 0.717) is 19.2 Å². The second kappa shape index (κ2) is 9.29. The molecule has 2 aliphatic heterocycles. The van der Waals surface area contributed by atoms with Gasteiger partial charge in [-0.05, 0) is 43.4 Å². The molecular weight excluding hydrogens is 366 g/mol. The van der Waals surface area contributed by atoms with Crippen LogP contribution < -0.4 is 0 Å². The number of likely N-dealkylation sites (tertiary alicyclic amines) is 2. The van der Waals surface area contributed by atoms with Gasteiger partial charge >= 0.3 is 0 Å². The van der Waals surface area contributed by atoms with E-state index >= 15 is 0 Å². The van der Waals surface area contributed by atoms with Crippen LogP contribution in [0.2, 0.25) is 0 Å². The molecule has 4 atom stereocenters. The van der Waals surface area contributed by atoms with Crippen molar-refractivity contribution in [2.75, 3.05) is 40.0 Å². The Kier molecular flexibility index (Phi) is 7.01. The van der Waals surface area contributed by atoms with Crippen molar-refractivity contribution >= 4 is 5.91 Å². The molecule has 7 heteroatoms. The Morgan fingerprint density at radius 2 is 2.00 bits per heavy atom. The summed E-state index contributed by atoms with van der Waals surface area (Å²) < 4.78 is 32.5. The molecule has 2 saturated heterocycles. The molecule has 5 nitrogen and oxygen atoms in total. The maximum Gasteiger partial charge on any atom is 0.254 e. The van der Waals surface area contributed by atoms with E-state index < -0.39 is 17.5 Å². The molecule has 0 aliphatic carbocycles. The van der Waals surface area contributed by atoms with Crippen molar-refractivity contribution in [2.45, 2.75) is 38.3 Å². The predicted molar refractivity (Wildman–Crippen MR) is 102 cm³/mol. The molecule has 2 heterocycles. The number of aliphatic hydroxyl groups is 1. The first-order valence-electron chi connectivity index (χ1n) is 10.1. The summed E-state index contributed by atoms with van der Waals surface area (Å²) in [7, 11) is 1.70. The number of aliphatic hydroxyl groups excluding tert-OH is 1. The molecular formula is C21H30F2N2O3. The van der Waals surface area contributed by atoms with Gasteiger partial charge in [0.25, 0.3) is 5.91 Å². The highest BCUT2D eigenvalue weighted by atomic mass is 19.1. The summed E-state index contributed by atoms with van der Waals surface area (Å²) in [6.45, 7) is 4.87. The van der Waals surface area contributed by atoms with Crippen molar-refractivity contribution in [2.24, 2.45) is 11.8 Å². The lowest BCUT2D eigenvalue weighted by atomic mass is 9.88. The van der Waals surface area contributed by atoms with Gasteiger partial charge in [-0.15, -0.1) is 0 Å². The Morgan fingerprint density at radius 1 is 1.29 bits per heavy atom. The average Bonchev–Trinajstić information content (AvgIpc) is 3.25. The van der Waals surface area contributed by atoms with Gasteiger partial charge in [-0.2, -0.15) is 0 Å². The molecule has 0 spiro atoms. The first-order chi connectivity index (χ1) is 13.5. The second-order valence-corrected chi connectivity index (χ2v) is 7.94. The van der Waals surface area contributed by atoms with Crippen LogP contribution in [0.15, 0.2) is 18.2 Å². The zero-order valence-corrected chi connectivity index (χ0v) is 16.6. The molecule has 1 aromatic carbocycles. The van der Waals surface area contributed by atoms with Crippen LogP contribution in [0.1, 0.15) is 36.5 Å². The largest absolute Gasteiger partial charge is 0.394 e. The molecule has 1 amide bonds. The van der Waals surface area contributed by atoms with Crippen molar-refractivity contribution in [1.82, 2.24) is 9.80 Å². The average molecular weight is 396 g/mol. The van der Waals surface area contributed by atoms with E-state index in [9.17, 15) is 18.7 Å². The number of hydrogen-bond donors (Lipinski definition) is 1. The van der Waals surface area contributed by atoms with Gasteiger partial charge in [0, 0.05) is 37.9 Å². The predicted octanol–water partition coefficient (Wildman–Crippen LogP) is 2.53. The topological polar surface area (TPSA) is 53.0 Å². The van der Waals surface area contributed by atoms with E-state index in [1.165, 1.54) is 0 Å². The number of halogens is 2. The van der Waals surface area contributed by atoms with Crippen molar-refractivity contribution < 1.29 is 23.4 Å². The summed E-state index contributed by atoms with van der Waals surface area (Å²) in [5.41, 5.74) is -0.00937. The Labute approximate surface area is 165 Å². The molecule has 3 rings (SSSR count). The lowest BCUT2D eigenvalue weighted by Gasteiger charge is -2.32. The van der Waals surface area contributed by atoms with Gasteiger partial charge in [0.15, 0.2) is 0 Å². The third-order valence-corrected chi connectivity index (χ3v) is 6.32. The molecule has 0 aromatic heterocycles. The molecule has 2 aliphatic rings. The summed E-state index contributed by atoms with van der Waals surface area (Å²) in [5, 5.41) is 10.1. The molecule has 0 radical (unpaired) electrons. The van der Waals surface area contributed by atoms with E-state index in [0.717, 1.165) is 50.6 Å². The third-order valence-electron chi connectivity index (χ3n) is 6.32. The molecule has 0 unspecified atom stereocenters. The quantitative estimate of drug-likeness (QED) is 0.770. The van der Waals surface area contributed by atoms with Crippen LogP contribution in [0.5, 0.6) is 0 Å². The number of amides is 1. The number of hydrogen-bond acceptors (Lipinski definition) is 4. The van der Waals surface area contributed by atoms with Crippen molar-refractivity contribution in [3.8, 4) is 0 Å². The smallest absolute Gasteiger partial charge is 0.254 e. The van der Waals surface area contributed by atoms with Crippen LogP contribution >= 0.6 is 0 Å². The maximum absolute atomic E-state index is 13.6. The van der Waals surface area contributed by atoms with Gasteiger partial charge in [0.05, 0.1) is 19.3 Å². The number of benzene rings is 1. The van der Waals surface area contributed by atoms with Gasteiger partial charge in [-0.1, -0.05) is 13.3 Å². The second-order valence-electron chi connectivity index (χ2n) is 7.94. The minimum absolute atomic E-state index is 0.00937. The molecule has 0 bridgehead atoms. The fourth-order valence-corrected chi connectivity index (χ4v) is 4.87. The fourth-order valence-electron chi connectivity index (χ4n) is 4.87. The van der Waals surface area contributed by atoms with Crippen molar-refractivity contribution in [1.29, 1.82) is 0 Å². The maximum atomic E-state index is 13.6. The molecule has 0 saturated carbocycles. The normalized spacial score (nSPS) is 28.2. The van der Waals surface area contributed by atoms with Gasteiger partial charge in [-0.3, -0.25) is 9.69 Å². The standard InChI is InChI=1S/C21H30F2N2O3/c1-3-14-10-25(21(27)15-7-16(22)9-17(23)8-15)20(12-26)19(14)11-24-6-4-5-18(24)13-28-2/h7-9,14,18-20,26H,3-6,10-13H2,1-2H3/t14-,18-,19-,20-/m1/s1. The highest BCUT2D eigenvalue weighted by Gasteiger charge is 2.44. The Bertz CT molecular complexity index is 667. The van der Waals surface area contributed by atoms with Crippen LogP contribution in [0.25, 0.3) is 0 Å². The van der Waals surface area contributed by atoms with Gasteiger partial charge < -0.3 is 14.7 Å². The van der Waals surface area contributed by atoms with Crippen molar-refractivity contribution in [3.05, 3.63) is 35.4 Å². The number of ether oxygens (including phenoxy) is 1. The molecule has 156 valence electrons. The highest BCUT2D eigenvalue weighted by Crippen LogP contribution is 2.35. The minimum Gasteiger partial charge on any atom is -0.394 e. The van der Waals surface area contributed by atoms with Crippen LogP contribution in [0, 0.1) is 23.5 Å². The van der Waals surface area contributed by atoms with E-state index in [-0.39, 0.29) is 30.0 Å². The number of carbonyl (C=O) groups excluding carboxylic acids is 1. The van der Waals surface area contributed by atoms with Gasteiger partial charge in [0.2, 0.25) is 0 Å². The summed E-state index contributed by atoms with van der Waals surface area (Å²) in [4.78, 5) is 17.0. The van der Waals surface area contributed by atoms with Gasteiger partial charge in [0.1, 0.15) is 11.6 Å². The summed E-state index contributed by atoms with van der Waals surface area (Å²) in [5.74, 6) is -1.61. The lowest BCUT2D eigenvalue weighted by molar-refractivity contribution is 0.0577. The number of rotatable bonds is 7. The zero-order chi connectivity index (χ0) is 20.3. The zero-order valence-electron chi connectivity index (χ0n) is 16.6. The lowest BCUT2D eigenvalue weighted by Crippen LogP contribution is -2.45. The Hall–Kier alpha value is -1.57. The Morgan fingerprint density at radius 3 is 2.61 bits per heavy atom. The first-order valence-corrected chi connectivity index (χ1v) is 10.1. The Balaban J connectivity index is 1.79. The molecule has 1 N–H and O–H groups in total. The summed E-state index contributed by atoms with van der Waals surface area (Å²) >= 11 is 0. The van der Waals surface area contributed by atoms with E-state index in [4.69, 9.17) is 4.74 Å². The van der Waals surface area contributed by atoms with Crippen LogP contribution in [0.3, 0.4) is 0 Å². The fraction of sp³-hybridized carbons (Fsp3) is 0.667. The SMILES string of the molecule is CC[C@@H]1CN(C(=O)c2cc(F)cc(F)c2)[C@H](CO)[C@@H]1CN1CCC[C@@H]1COC. The van der Waals surface area contributed by atoms with E-state index in [2.05, 4.69) is 11.8 Å². The summed E-state index contributed by atoms with van der Waals surface area (Å²) in [6, 6.07) is 2.88. The molecule has 2 fully saturated rings. The highest BCUT2D eigenvalue weighted by molar-refractivity contribution is 5.94. The van der Waals surface area contributed by atoms with E-state index in [1.807, 2.05) is 0 Å². The first kappa shape index (κ1) is 21.1. The third kappa shape index (κ3) is 4.36. The van der Waals surface area contributed by atoms with Gasteiger partial charge in [-0.25, -0.2) is 8.78 Å². The minimum atomic E-state index is -0.772.